The molecule has 1 amide bonds. The van der Waals surface area contributed by atoms with E-state index in [4.69, 9.17) is 9.47 Å². The number of esters is 1. The van der Waals surface area contributed by atoms with Gasteiger partial charge in [-0.2, -0.15) is 0 Å². The van der Waals surface area contributed by atoms with Crippen LogP contribution >= 0.6 is 0 Å². The maximum Gasteiger partial charge on any atom is 0.410 e. The number of rotatable bonds is 4. The number of carbonyl (C=O) groups is 2. The van der Waals surface area contributed by atoms with Crippen LogP contribution in [0, 0.1) is 0 Å². The molecule has 1 aliphatic rings. The van der Waals surface area contributed by atoms with Crippen LogP contribution in [0.3, 0.4) is 0 Å². The number of carbonyl (C=O) groups excluding carboxylic acids is 2. The quantitative estimate of drug-likeness (QED) is 0.806. The molecule has 0 radical (unpaired) electrons. The van der Waals surface area contributed by atoms with Gasteiger partial charge < -0.3 is 9.47 Å². The Labute approximate surface area is 140 Å². The molecule has 6 nitrogen and oxygen atoms in total. The van der Waals surface area contributed by atoms with Crippen LogP contribution in [0.25, 0.3) is 10.9 Å². The molecule has 0 spiro atoms. The van der Waals surface area contributed by atoms with E-state index in [0.717, 1.165) is 22.2 Å². The van der Waals surface area contributed by atoms with Crippen LogP contribution in [-0.2, 0) is 20.8 Å². The van der Waals surface area contributed by atoms with Crippen LogP contribution < -0.4 is 0 Å². The lowest BCUT2D eigenvalue weighted by atomic mass is 10.1. The van der Waals surface area contributed by atoms with Gasteiger partial charge in [0.05, 0.1) is 43.4 Å². The highest BCUT2D eigenvalue weighted by Crippen LogP contribution is 2.37. The maximum atomic E-state index is 12.3. The van der Waals surface area contributed by atoms with Crippen LogP contribution in [0.1, 0.15) is 37.6 Å². The molecule has 1 aromatic heterocycles. The molecule has 1 aliphatic heterocycles. The van der Waals surface area contributed by atoms with Crippen molar-refractivity contribution in [3.8, 4) is 0 Å². The molecular formula is C18H20N2O4. The van der Waals surface area contributed by atoms with E-state index in [1.807, 2.05) is 30.3 Å². The average molecular weight is 328 g/mol. The van der Waals surface area contributed by atoms with Crippen molar-refractivity contribution in [2.45, 2.75) is 32.9 Å². The summed E-state index contributed by atoms with van der Waals surface area (Å²) in [5, 5.41) is 1.01. The highest BCUT2D eigenvalue weighted by atomic mass is 16.6. The van der Waals surface area contributed by atoms with E-state index in [1.54, 1.807) is 18.7 Å². The lowest BCUT2D eigenvalue weighted by Crippen LogP contribution is -2.32. The molecular weight excluding hydrogens is 308 g/mol. The fourth-order valence-corrected chi connectivity index (χ4v) is 3.01. The number of aromatic nitrogens is 1. The first-order valence-electron chi connectivity index (χ1n) is 8.11. The van der Waals surface area contributed by atoms with Gasteiger partial charge in [0.1, 0.15) is 0 Å². The second-order valence-corrected chi connectivity index (χ2v) is 5.58. The standard InChI is InChI=1S/C18H20N2O4/c1-3-23-16(21)10-15-17-13(11-20(15)18(22)24-4-2)9-12-7-5-6-8-14(12)19-17/h5-9,15H,3-4,10-11H2,1-2H3/t15-/m0/s1. The lowest BCUT2D eigenvalue weighted by molar-refractivity contribution is -0.144. The van der Waals surface area contributed by atoms with Gasteiger partial charge in [-0.1, -0.05) is 18.2 Å². The number of nitrogens with zero attached hydrogens (tertiary/aromatic N) is 2. The fourth-order valence-electron chi connectivity index (χ4n) is 3.01. The third-order valence-electron chi connectivity index (χ3n) is 4.04. The number of hydrogen-bond donors (Lipinski definition) is 0. The Morgan fingerprint density at radius 3 is 2.71 bits per heavy atom. The summed E-state index contributed by atoms with van der Waals surface area (Å²) in [4.78, 5) is 30.5. The summed E-state index contributed by atoms with van der Waals surface area (Å²) in [7, 11) is 0. The summed E-state index contributed by atoms with van der Waals surface area (Å²) in [6.45, 7) is 4.50. The smallest absolute Gasteiger partial charge is 0.410 e. The van der Waals surface area contributed by atoms with Gasteiger partial charge in [-0.15, -0.1) is 0 Å². The molecule has 0 saturated heterocycles. The van der Waals surface area contributed by atoms with Crippen LogP contribution in [0.2, 0.25) is 0 Å². The van der Waals surface area contributed by atoms with Crippen molar-refractivity contribution in [3.05, 3.63) is 41.6 Å². The molecule has 0 aliphatic carbocycles. The molecule has 0 saturated carbocycles. The zero-order valence-corrected chi connectivity index (χ0v) is 13.8. The highest BCUT2D eigenvalue weighted by Gasteiger charge is 2.37. The summed E-state index contributed by atoms with van der Waals surface area (Å²) in [6, 6.07) is 9.34. The van der Waals surface area contributed by atoms with Crippen molar-refractivity contribution < 1.29 is 19.1 Å². The Morgan fingerprint density at radius 1 is 1.21 bits per heavy atom. The van der Waals surface area contributed by atoms with Gasteiger partial charge >= 0.3 is 12.1 Å². The average Bonchev–Trinajstić information content (AvgIpc) is 2.91. The first-order chi connectivity index (χ1) is 11.6. The third-order valence-corrected chi connectivity index (χ3v) is 4.04. The number of benzene rings is 1. The molecule has 0 fully saturated rings. The number of amides is 1. The number of pyridine rings is 1. The zero-order valence-electron chi connectivity index (χ0n) is 13.8. The number of fused-ring (bicyclic) bond motifs is 2. The lowest BCUT2D eigenvalue weighted by Gasteiger charge is -2.23. The third kappa shape index (κ3) is 3.04. The van der Waals surface area contributed by atoms with Crippen molar-refractivity contribution in [3.63, 3.8) is 0 Å². The van der Waals surface area contributed by atoms with Crippen molar-refractivity contribution in [2.24, 2.45) is 0 Å². The molecule has 126 valence electrons. The molecule has 6 heteroatoms. The van der Waals surface area contributed by atoms with Gasteiger partial charge in [0.15, 0.2) is 0 Å². The predicted molar refractivity (Wildman–Crippen MR) is 88.3 cm³/mol. The van der Waals surface area contributed by atoms with Crippen molar-refractivity contribution in [1.82, 2.24) is 9.88 Å². The second-order valence-electron chi connectivity index (χ2n) is 5.58. The van der Waals surface area contributed by atoms with Crippen LogP contribution in [0.15, 0.2) is 30.3 Å². The first-order valence-corrected chi connectivity index (χ1v) is 8.11. The van der Waals surface area contributed by atoms with Crippen molar-refractivity contribution in [1.29, 1.82) is 0 Å². The van der Waals surface area contributed by atoms with Gasteiger partial charge in [0.25, 0.3) is 0 Å². The fraction of sp³-hybridized carbons (Fsp3) is 0.389. The summed E-state index contributed by atoms with van der Waals surface area (Å²) >= 11 is 0. The summed E-state index contributed by atoms with van der Waals surface area (Å²) in [5.74, 6) is -0.348. The van der Waals surface area contributed by atoms with Crippen LogP contribution in [-0.4, -0.2) is 35.2 Å². The summed E-state index contributed by atoms with van der Waals surface area (Å²) in [5.41, 5.74) is 2.53. The predicted octanol–water partition coefficient (Wildman–Crippen LogP) is 3.20. The van der Waals surface area contributed by atoms with Gasteiger partial charge in [-0.25, -0.2) is 4.79 Å². The van der Waals surface area contributed by atoms with Crippen LogP contribution in [0.5, 0.6) is 0 Å². The minimum Gasteiger partial charge on any atom is -0.466 e. The van der Waals surface area contributed by atoms with E-state index in [9.17, 15) is 9.59 Å². The first kappa shape index (κ1) is 16.2. The van der Waals surface area contributed by atoms with E-state index in [0.29, 0.717) is 13.2 Å². The summed E-state index contributed by atoms with van der Waals surface area (Å²) in [6.07, 6.45) is -0.362. The van der Waals surface area contributed by atoms with E-state index >= 15 is 0 Å². The maximum absolute atomic E-state index is 12.3. The van der Waals surface area contributed by atoms with E-state index in [1.165, 1.54) is 0 Å². The molecule has 0 bridgehead atoms. The molecule has 3 rings (SSSR count). The monoisotopic (exact) mass is 328 g/mol. The molecule has 2 heterocycles. The Hall–Kier alpha value is -2.63. The zero-order chi connectivity index (χ0) is 17.1. The summed E-state index contributed by atoms with van der Waals surface area (Å²) < 4.78 is 10.2. The minimum absolute atomic E-state index is 0.0744. The normalized spacial score (nSPS) is 16.1. The van der Waals surface area contributed by atoms with Gasteiger partial charge in [0.2, 0.25) is 0 Å². The Kier molecular flexibility index (Phi) is 4.64. The number of para-hydroxylation sites is 1. The van der Waals surface area contributed by atoms with Gasteiger partial charge in [0, 0.05) is 5.39 Å². The van der Waals surface area contributed by atoms with Crippen molar-refractivity contribution in [2.75, 3.05) is 13.2 Å². The van der Waals surface area contributed by atoms with E-state index in [2.05, 4.69) is 4.98 Å². The molecule has 1 atom stereocenters. The Morgan fingerprint density at radius 2 is 1.96 bits per heavy atom. The molecule has 24 heavy (non-hydrogen) atoms. The van der Waals surface area contributed by atoms with E-state index < -0.39 is 12.1 Å². The van der Waals surface area contributed by atoms with E-state index in [-0.39, 0.29) is 19.0 Å². The number of hydrogen-bond acceptors (Lipinski definition) is 5. The van der Waals surface area contributed by atoms with Crippen LogP contribution in [0.4, 0.5) is 4.79 Å². The molecule has 0 unspecified atom stereocenters. The number of ether oxygens (including phenoxy) is 2. The topological polar surface area (TPSA) is 68.7 Å². The molecule has 1 aromatic carbocycles. The Bertz CT molecular complexity index is 775. The van der Waals surface area contributed by atoms with Gasteiger partial charge in [-0.05, 0) is 31.5 Å². The minimum atomic E-state index is -0.456. The van der Waals surface area contributed by atoms with Gasteiger partial charge in [-0.3, -0.25) is 14.7 Å². The largest absolute Gasteiger partial charge is 0.466 e. The Balaban J connectivity index is 1.98. The molecule has 2 aromatic rings. The van der Waals surface area contributed by atoms with Crippen molar-refractivity contribution >= 4 is 23.0 Å². The highest BCUT2D eigenvalue weighted by molar-refractivity contribution is 5.81. The SMILES string of the molecule is CCOC(=O)C[C@H]1c2nc3ccccc3cc2CN1C(=O)OCC. The molecule has 0 N–H and O–H groups in total. The second kappa shape index (κ2) is 6.86.